The summed E-state index contributed by atoms with van der Waals surface area (Å²) >= 11 is 0. The third-order valence-electron chi connectivity index (χ3n) is 4.33. The highest BCUT2D eigenvalue weighted by molar-refractivity contribution is 6.05. The van der Waals surface area contributed by atoms with E-state index in [0.717, 1.165) is 16.6 Å². The van der Waals surface area contributed by atoms with Crippen molar-refractivity contribution in [2.75, 3.05) is 17.3 Å². The van der Waals surface area contributed by atoms with Crippen LogP contribution < -0.4 is 10.2 Å². The lowest BCUT2D eigenvalue weighted by Gasteiger charge is -2.26. The highest BCUT2D eigenvalue weighted by Crippen LogP contribution is 2.29. The van der Waals surface area contributed by atoms with E-state index in [2.05, 4.69) is 5.32 Å². The standard InChI is InChI=1S/C19H16N2O3/c1-21-15-8-7-14(10-12(15)6-9-18(21)22)20-19(23)17-11-13-4-2-3-5-16(13)24-17/h2-5,7-8,10-11H,6,9H2,1H3,(H,20,23). The number of rotatable bonds is 2. The van der Waals surface area contributed by atoms with Crippen molar-refractivity contribution in [2.45, 2.75) is 12.8 Å². The number of carbonyl (C=O) groups is 2. The second-order valence-electron chi connectivity index (χ2n) is 5.90. The molecule has 0 aliphatic carbocycles. The molecular weight excluding hydrogens is 304 g/mol. The third-order valence-corrected chi connectivity index (χ3v) is 4.33. The monoisotopic (exact) mass is 320 g/mol. The van der Waals surface area contributed by atoms with Crippen LogP contribution in [-0.2, 0) is 11.2 Å². The fraction of sp³-hybridized carbons (Fsp3) is 0.158. The van der Waals surface area contributed by atoms with Crippen LogP contribution in [0.2, 0.25) is 0 Å². The minimum absolute atomic E-state index is 0.113. The van der Waals surface area contributed by atoms with E-state index < -0.39 is 0 Å². The minimum Gasteiger partial charge on any atom is -0.451 e. The van der Waals surface area contributed by atoms with Gasteiger partial charge in [-0.25, -0.2) is 0 Å². The van der Waals surface area contributed by atoms with E-state index in [1.807, 2.05) is 36.4 Å². The molecule has 1 aromatic heterocycles. The van der Waals surface area contributed by atoms with Crippen molar-refractivity contribution in [3.8, 4) is 0 Å². The van der Waals surface area contributed by atoms with Gasteiger partial charge in [0.05, 0.1) is 0 Å². The van der Waals surface area contributed by atoms with E-state index in [1.54, 1.807) is 24.1 Å². The number of furan rings is 1. The molecule has 3 aromatic rings. The molecule has 2 heterocycles. The van der Waals surface area contributed by atoms with Crippen molar-refractivity contribution in [1.82, 2.24) is 0 Å². The molecule has 2 amide bonds. The lowest BCUT2D eigenvalue weighted by atomic mass is 10.0. The minimum atomic E-state index is -0.286. The van der Waals surface area contributed by atoms with Gasteiger partial charge in [0.2, 0.25) is 5.91 Å². The predicted octanol–water partition coefficient (Wildman–Crippen LogP) is 3.59. The Kier molecular flexibility index (Phi) is 3.34. The van der Waals surface area contributed by atoms with E-state index in [-0.39, 0.29) is 17.6 Å². The number of nitrogens with zero attached hydrogens (tertiary/aromatic N) is 1. The molecule has 0 saturated heterocycles. The van der Waals surface area contributed by atoms with Gasteiger partial charge in [0.15, 0.2) is 5.76 Å². The maximum atomic E-state index is 12.4. The highest BCUT2D eigenvalue weighted by Gasteiger charge is 2.21. The van der Waals surface area contributed by atoms with E-state index >= 15 is 0 Å². The van der Waals surface area contributed by atoms with E-state index in [1.165, 1.54) is 0 Å². The van der Waals surface area contributed by atoms with Gasteiger partial charge < -0.3 is 14.6 Å². The first-order chi connectivity index (χ1) is 11.6. The molecule has 5 heteroatoms. The molecule has 1 aliphatic rings. The van der Waals surface area contributed by atoms with Gasteiger partial charge in [-0.2, -0.15) is 0 Å². The molecular formula is C19H16N2O3. The van der Waals surface area contributed by atoms with E-state index in [4.69, 9.17) is 4.42 Å². The van der Waals surface area contributed by atoms with E-state index in [0.29, 0.717) is 24.1 Å². The maximum Gasteiger partial charge on any atom is 0.291 e. The zero-order valence-electron chi connectivity index (χ0n) is 13.2. The number of aryl methyl sites for hydroxylation is 1. The van der Waals surface area contributed by atoms with E-state index in [9.17, 15) is 9.59 Å². The summed E-state index contributed by atoms with van der Waals surface area (Å²) in [7, 11) is 1.77. The normalized spacial score (nSPS) is 13.9. The summed E-state index contributed by atoms with van der Waals surface area (Å²) in [6.07, 6.45) is 1.18. The number of anilines is 2. The summed E-state index contributed by atoms with van der Waals surface area (Å²) in [5, 5.41) is 3.76. The first kappa shape index (κ1) is 14.5. The fourth-order valence-corrected chi connectivity index (χ4v) is 3.02. The van der Waals surface area contributed by atoms with Gasteiger partial charge in [0.1, 0.15) is 5.58 Å². The number of fused-ring (bicyclic) bond motifs is 2. The predicted molar refractivity (Wildman–Crippen MR) is 92.3 cm³/mol. The van der Waals surface area contributed by atoms with Crippen LogP contribution in [0.5, 0.6) is 0 Å². The van der Waals surface area contributed by atoms with Crippen LogP contribution in [0.15, 0.2) is 52.9 Å². The number of para-hydroxylation sites is 1. The smallest absolute Gasteiger partial charge is 0.291 e. The van der Waals surface area contributed by atoms with Crippen LogP contribution in [0.1, 0.15) is 22.5 Å². The van der Waals surface area contributed by atoms with Gasteiger partial charge in [-0.1, -0.05) is 18.2 Å². The molecule has 1 N–H and O–H groups in total. The lowest BCUT2D eigenvalue weighted by molar-refractivity contribution is -0.118. The number of nitrogens with one attached hydrogen (secondary N) is 1. The molecule has 120 valence electrons. The Bertz CT molecular complexity index is 925. The Labute approximate surface area is 138 Å². The number of benzene rings is 2. The average Bonchev–Trinajstić information content (AvgIpc) is 3.02. The van der Waals surface area contributed by atoms with Crippen molar-refractivity contribution in [3.05, 3.63) is 59.9 Å². The zero-order chi connectivity index (χ0) is 16.7. The molecule has 0 spiro atoms. The molecule has 0 atom stereocenters. The van der Waals surface area contributed by atoms with Gasteiger partial charge in [-0.15, -0.1) is 0 Å². The quantitative estimate of drug-likeness (QED) is 0.785. The third kappa shape index (κ3) is 2.44. The van der Waals surface area contributed by atoms with Crippen LogP contribution in [0.25, 0.3) is 11.0 Å². The molecule has 1 aliphatic heterocycles. The van der Waals surface area contributed by atoms with Crippen LogP contribution >= 0.6 is 0 Å². The van der Waals surface area contributed by atoms with Crippen molar-refractivity contribution in [3.63, 3.8) is 0 Å². The summed E-state index contributed by atoms with van der Waals surface area (Å²) in [5.74, 6) is 0.106. The molecule has 5 nitrogen and oxygen atoms in total. The number of amides is 2. The average molecular weight is 320 g/mol. The fourth-order valence-electron chi connectivity index (χ4n) is 3.02. The summed E-state index contributed by atoms with van der Waals surface area (Å²) in [6, 6.07) is 14.8. The van der Waals surface area contributed by atoms with Crippen molar-refractivity contribution >= 4 is 34.2 Å². The zero-order valence-corrected chi connectivity index (χ0v) is 13.2. The lowest BCUT2D eigenvalue weighted by Crippen LogP contribution is -2.31. The summed E-state index contributed by atoms with van der Waals surface area (Å²) < 4.78 is 5.58. The SMILES string of the molecule is CN1C(=O)CCc2cc(NC(=O)c3cc4ccccc4o3)ccc21. The first-order valence-electron chi connectivity index (χ1n) is 7.81. The summed E-state index contributed by atoms with van der Waals surface area (Å²) in [6.45, 7) is 0. The Morgan fingerprint density at radius 1 is 1.12 bits per heavy atom. The highest BCUT2D eigenvalue weighted by atomic mass is 16.3. The Morgan fingerprint density at radius 2 is 1.96 bits per heavy atom. The Balaban J connectivity index is 1.59. The van der Waals surface area contributed by atoms with Crippen LogP contribution in [-0.4, -0.2) is 18.9 Å². The van der Waals surface area contributed by atoms with Crippen LogP contribution in [0.4, 0.5) is 11.4 Å². The molecule has 0 unspecified atom stereocenters. The second-order valence-corrected chi connectivity index (χ2v) is 5.90. The number of hydrogen-bond acceptors (Lipinski definition) is 3. The molecule has 2 aromatic carbocycles. The van der Waals surface area contributed by atoms with Gasteiger partial charge in [0.25, 0.3) is 5.91 Å². The molecule has 0 saturated carbocycles. The summed E-state index contributed by atoms with van der Waals surface area (Å²) in [4.78, 5) is 25.8. The Morgan fingerprint density at radius 3 is 2.79 bits per heavy atom. The molecule has 0 fully saturated rings. The molecule has 24 heavy (non-hydrogen) atoms. The van der Waals surface area contributed by atoms with Crippen molar-refractivity contribution in [1.29, 1.82) is 0 Å². The van der Waals surface area contributed by atoms with Gasteiger partial charge in [0, 0.05) is 30.2 Å². The van der Waals surface area contributed by atoms with Gasteiger partial charge in [-0.05, 0) is 42.3 Å². The van der Waals surface area contributed by atoms with Crippen molar-refractivity contribution in [2.24, 2.45) is 0 Å². The largest absolute Gasteiger partial charge is 0.451 e. The number of hydrogen-bond donors (Lipinski definition) is 1. The first-order valence-corrected chi connectivity index (χ1v) is 7.81. The Hall–Kier alpha value is -3.08. The second kappa shape index (κ2) is 5.53. The van der Waals surface area contributed by atoms with Gasteiger partial charge >= 0.3 is 0 Å². The maximum absolute atomic E-state index is 12.4. The summed E-state index contributed by atoms with van der Waals surface area (Å²) in [5.41, 5.74) is 3.34. The van der Waals surface area contributed by atoms with Crippen LogP contribution in [0.3, 0.4) is 0 Å². The molecule has 0 radical (unpaired) electrons. The van der Waals surface area contributed by atoms with Crippen molar-refractivity contribution < 1.29 is 14.0 Å². The topological polar surface area (TPSA) is 62.6 Å². The molecule has 0 bridgehead atoms. The number of carbonyl (C=O) groups excluding carboxylic acids is 2. The molecule has 4 rings (SSSR count). The van der Waals surface area contributed by atoms with Crippen LogP contribution in [0, 0.1) is 0 Å². The van der Waals surface area contributed by atoms with Gasteiger partial charge in [-0.3, -0.25) is 9.59 Å².